The van der Waals surface area contributed by atoms with Gasteiger partial charge < -0.3 is 31.4 Å². The molecule has 1 unspecified atom stereocenters. The van der Waals surface area contributed by atoms with Crippen molar-refractivity contribution in [1.29, 1.82) is 0 Å². The molecular weight excluding hydrogens is 544 g/mol. The number of hydrogen-bond donors (Lipinski definition) is 3. The largest absolute Gasteiger partial charge is 0.471 e. The zero-order valence-corrected chi connectivity index (χ0v) is 24.1. The Morgan fingerprint density at radius 1 is 0.930 bits per heavy atom. The molecule has 0 saturated carbocycles. The summed E-state index contributed by atoms with van der Waals surface area (Å²) in [5, 5.41) is 8.54. The number of imidazole rings is 1. The highest BCUT2D eigenvalue weighted by molar-refractivity contribution is 6.00. The van der Waals surface area contributed by atoms with Gasteiger partial charge in [0.1, 0.15) is 6.61 Å². The number of ether oxygens (including phenoxy) is 1. The number of aromatic nitrogens is 4. The Morgan fingerprint density at radius 3 is 2.19 bits per heavy atom. The van der Waals surface area contributed by atoms with E-state index in [0.717, 1.165) is 22.5 Å². The first-order valence-electron chi connectivity index (χ1n) is 13.8. The van der Waals surface area contributed by atoms with E-state index in [4.69, 9.17) is 21.9 Å². The van der Waals surface area contributed by atoms with E-state index in [1.165, 1.54) is 0 Å². The van der Waals surface area contributed by atoms with Gasteiger partial charge in [-0.1, -0.05) is 24.3 Å². The number of Topliss-reactive ketones (excluding diaryl/α,β-unsaturated/α-hetero) is 1. The molecular formula is C31H34N10O2. The van der Waals surface area contributed by atoms with Crippen LogP contribution in [0, 0.1) is 0 Å². The van der Waals surface area contributed by atoms with Crippen LogP contribution in [0.1, 0.15) is 27.9 Å². The number of anilines is 2. The Hall–Kier alpha value is -5.20. The maximum absolute atomic E-state index is 13.0. The fourth-order valence-electron chi connectivity index (χ4n) is 4.37. The van der Waals surface area contributed by atoms with Crippen LogP contribution in [-0.2, 0) is 19.7 Å². The summed E-state index contributed by atoms with van der Waals surface area (Å²) in [6.07, 6.45) is 1.98. The number of benzene rings is 3. The predicted octanol–water partition coefficient (Wildman–Crippen LogP) is 4.53. The minimum Gasteiger partial charge on any atom is -0.471 e. The van der Waals surface area contributed by atoms with Crippen molar-refractivity contribution in [2.45, 2.75) is 32.2 Å². The molecule has 0 amide bonds. The van der Waals surface area contributed by atoms with Gasteiger partial charge in [0.25, 0.3) is 0 Å². The van der Waals surface area contributed by atoms with E-state index < -0.39 is 6.04 Å². The first-order chi connectivity index (χ1) is 20.8. The van der Waals surface area contributed by atoms with Gasteiger partial charge in [-0.05, 0) is 66.1 Å². The Bertz CT molecular complexity index is 1710. The number of nitrogens with two attached hydrogens (primary N) is 3. The summed E-state index contributed by atoms with van der Waals surface area (Å²) in [6, 6.07) is 21.7. The molecule has 2 heterocycles. The van der Waals surface area contributed by atoms with Crippen molar-refractivity contribution in [2.75, 3.05) is 24.7 Å². The second-order valence-electron chi connectivity index (χ2n) is 10.2. The summed E-state index contributed by atoms with van der Waals surface area (Å²) in [5.41, 5.74) is 23.9. The van der Waals surface area contributed by atoms with E-state index in [1.54, 1.807) is 35.2 Å². The van der Waals surface area contributed by atoms with Gasteiger partial charge in [-0.25, -0.2) is 4.98 Å². The Kier molecular flexibility index (Phi) is 8.99. The van der Waals surface area contributed by atoms with Crippen molar-refractivity contribution in [1.82, 2.24) is 19.5 Å². The lowest BCUT2D eigenvalue weighted by Crippen LogP contribution is -2.31. The molecule has 0 radical (unpaired) electrons. The van der Waals surface area contributed by atoms with Crippen LogP contribution in [0.5, 0.6) is 5.88 Å². The van der Waals surface area contributed by atoms with Crippen molar-refractivity contribution >= 4 is 40.0 Å². The van der Waals surface area contributed by atoms with Gasteiger partial charge in [0.2, 0.25) is 11.8 Å². The summed E-state index contributed by atoms with van der Waals surface area (Å²) in [7, 11) is 3.96. The first-order valence-corrected chi connectivity index (χ1v) is 13.8. The molecule has 0 spiro atoms. The Balaban J connectivity index is 1.19. The van der Waals surface area contributed by atoms with E-state index in [-0.39, 0.29) is 24.2 Å². The smallest absolute Gasteiger partial charge is 0.247 e. The third-order valence-corrected chi connectivity index (χ3v) is 6.90. The van der Waals surface area contributed by atoms with Crippen molar-refractivity contribution in [3.63, 3.8) is 0 Å². The number of rotatable bonds is 12. The Morgan fingerprint density at radius 2 is 1.56 bits per heavy atom. The molecule has 5 rings (SSSR count). The molecule has 1 atom stereocenters. The highest BCUT2D eigenvalue weighted by atomic mass is 16.5. The van der Waals surface area contributed by atoms with Crippen molar-refractivity contribution in [3.8, 4) is 5.88 Å². The highest BCUT2D eigenvalue weighted by Crippen LogP contribution is 2.24. The SMILES string of the molecule is CN(C)c1ccc(N=Nc2ccc(C(=O)C(N)CCn3cnc4c(OCc5ccc(CN)cc5)nc(N)nc43)cc2)cc1. The molecule has 43 heavy (non-hydrogen) atoms. The molecule has 220 valence electrons. The number of azo groups is 1. The number of carbonyl (C=O) groups excluding carboxylic acids is 1. The molecule has 0 bridgehead atoms. The molecule has 2 aromatic heterocycles. The molecule has 3 aromatic carbocycles. The first kappa shape index (κ1) is 29.3. The van der Waals surface area contributed by atoms with Gasteiger partial charge in [0, 0.05) is 38.4 Å². The van der Waals surface area contributed by atoms with Crippen molar-refractivity contribution in [3.05, 3.63) is 95.8 Å². The number of nitrogen functional groups attached to an aromatic ring is 1. The maximum atomic E-state index is 13.0. The van der Waals surface area contributed by atoms with Gasteiger partial charge in [0.05, 0.1) is 23.7 Å². The number of carbonyl (C=O) groups is 1. The van der Waals surface area contributed by atoms with Crippen LogP contribution in [0.4, 0.5) is 23.0 Å². The Labute approximate surface area is 249 Å². The molecule has 12 nitrogen and oxygen atoms in total. The number of fused-ring (bicyclic) bond motifs is 1. The van der Waals surface area contributed by atoms with Crippen LogP contribution in [0.25, 0.3) is 11.2 Å². The average molecular weight is 579 g/mol. The third-order valence-electron chi connectivity index (χ3n) is 6.90. The molecule has 0 aliphatic rings. The number of hydrogen-bond acceptors (Lipinski definition) is 11. The van der Waals surface area contributed by atoms with E-state index in [9.17, 15) is 4.79 Å². The molecule has 0 aliphatic heterocycles. The van der Waals surface area contributed by atoms with Gasteiger partial charge in [-0.2, -0.15) is 20.2 Å². The summed E-state index contributed by atoms with van der Waals surface area (Å²) in [6.45, 7) is 1.16. The molecule has 0 fully saturated rings. The van der Waals surface area contributed by atoms with Gasteiger partial charge in [-0.15, -0.1) is 0 Å². The molecule has 0 saturated heterocycles. The number of ketones is 1. The van der Waals surface area contributed by atoms with Gasteiger partial charge in [0.15, 0.2) is 16.9 Å². The van der Waals surface area contributed by atoms with Crippen LogP contribution in [0.2, 0.25) is 0 Å². The second kappa shape index (κ2) is 13.2. The standard InChI is InChI=1S/C31H34N10O2/c1-40(2)25-13-11-24(12-14-25)39-38-23-9-7-22(8-10-23)28(42)26(33)15-16-41-19-35-27-29(41)36-31(34)37-30(27)43-18-21-5-3-20(17-32)4-6-21/h3-14,19,26H,15-18,32-33H2,1-2H3,(H2,34,36,37). The lowest BCUT2D eigenvalue weighted by molar-refractivity contribution is 0.0955. The normalized spacial score (nSPS) is 12.1. The fraction of sp³-hybridized carbons (Fsp3) is 0.226. The second-order valence-corrected chi connectivity index (χ2v) is 10.2. The predicted molar refractivity (Wildman–Crippen MR) is 167 cm³/mol. The number of aryl methyl sites for hydroxylation is 1. The summed E-state index contributed by atoms with van der Waals surface area (Å²) < 4.78 is 7.72. The van der Waals surface area contributed by atoms with E-state index in [1.807, 2.05) is 67.5 Å². The summed E-state index contributed by atoms with van der Waals surface area (Å²) >= 11 is 0. The van der Waals surface area contributed by atoms with Gasteiger partial charge in [-0.3, -0.25) is 4.79 Å². The lowest BCUT2D eigenvalue weighted by atomic mass is 10.0. The lowest BCUT2D eigenvalue weighted by Gasteiger charge is -2.12. The summed E-state index contributed by atoms with van der Waals surface area (Å²) in [5.74, 6) is 0.171. The summed E-state index contributed by atoms with van der Waals surface area (Å²) in [4.78, 5) is 28.1. The molecule has 6 N–H and O–H groups in total. The van der Waals surface area contributed by atoms with Crippen LogP contribution >= 0.6 is 0 Å². The van der Waals surface area contributed by atoms with Crippen LogP contribution in [-0.4, -0.2) is 45.4 Å². The average Bonchev–Trinajstić information content (AvgIpc) is 3.44. The fourth-order valence-corrected chi connectivity index (χ4v) is 4.37. The maximum Gasteiger partial charge on any atom is 0.247 e. The zero-order chi connectivity index (χ0) is 30.3. The minimum atomic E-state index is -0.730. The van der Waals surface area contributed by atoms with Crippen molar-refractivity contribution in [2.24, 2.45) is 21.7 Å². The monoisotopic (exact) mass is 578 g/mol. The third kappa shape index (κ3) is 7.18. The molecule has 0 aliphatic carbocycles. The van der Waals surface area contributed by atoms with E-state index in [0.29, 0.717) is 41.9 Å². The van der Waals surface area contributed by atoms with E-state index >= 15 is 0 Å². The van der Waals surface area contributed by atoms with Crippen molar-refractivity contribution < 1.29 is 9.53 Å². The molecule has 5 aromatic rings. The topological polar surface area (TPSA) is 176 Å². The minimum absolute atomic E-state index is 0.0610. The van der Waals surface area contributed by atoms with Crippen LogP contribution in [0.15, 0.2) is 89.4 Å². The quantitative estimate of drug-likeness (QED) is 0.142. The molecule has 12 heteroatoms. The zero-order valence-electron chi connectivity index (χ0n) is 24.1. The van der Waals surface area contributed by atoms with Crippen LogP contribution < -0.4 is 26.8 Å². The van der Waals surface area contributed by atoms with E-state index in [2.05, 4.69) is 25.2 Å². The number of nitrogens with zero attached hydrogens (tertiary/aromatic N) is 7. The highest BCUT2D eigenvalue weighted by Gasteiger charge is 2.18. The van der Waals surface area contributed by atoms with Gasteiger partial charge >= 0.3 is 0 Å². The van der Waals surface area contributed by atoms with Crippen LogP contribution in [0.3, 0.4) is 0 Å².